The Labute approximate surface area is 148 Å². The summed E-state index contributed by atoms with van der Waals surface area (Å²) >= 11 is 0. The molecule has 0 unspecified atom stereocenters. The van der Waals surface area contributed by atoms with Crippen LogP contribution in [0.25, 0.3) is 0 Å². The number of phenols is 2. The van der Waals surface area contributed by atoms with Crippen LogP contribution in [0, 0.1) is 11.3 Å². The first-order valence-electron chi connectivity index (χ1n) is 8.98. The fourth-order valence-corrected chi connectivity index (χ4v) is 5.41. The lowest BCUT2D eigenvalue weighted by molar-refractivity contribution is -0.0398. The molecule has 0 saturated heterocycles. The molecule has 1 aromatic rings. The van der Waals surface area contributed by atoms with Gasteiger partial charge in [0.25, 0.3) is 0 Å². The van der Waals surface area contributed by atoms with E-state index in [-0.39, 0.29) is 35.0 Å². The van der Waals surface area contributed by atoms with Gasteiger partial charge in [0, 0.05) is 35.0 Å². The van der Waals surface area contributed by atoms with Crippen LogP contribution < -0.4 is 0 Å². The van der Waals surface area contributed by atoms with Gasteiger partial charge in [0.1, 0.15) is 17.6 Å². The maximum Gasteiger partial charge on any atom is 0.195 e. The van der Waals surface area contributed by atoms with Crippen molar-refractivity contribution in [1.29, 1.82) is 0 Å². The first-order chi connectivity index (χ1) is 11.6. The van der Waals surface area contributed by atoms with Gasteiger partial charge in [0.05, 0.1) is 5.56 Å². The molecular weight excluding hydrogens is 320 g/mol. The van der Waals surface area contributed by atoms with E-state index in [0.29, 0.717) is 11.1 Å². The van der Waals surface area contributed by atoms with Gasteiger partial charge in [-0.3, -0.25) is 4.79 Å². The quantitative estimate of drug-likeness (QED) is 0.616. The minimum Gasteiger partial charge on any atom is -0.508 e. The number of aliphatic hydroxyl groups excluding tert-OH is 2. The zero-order valence-corrected chi connectivity index (χ0v) is 15.3. The molecule has 138 valence electrons. The Kier molecular flexibility index (Phi) is 4.16. The van der Waals surface area contributed by atoms with E-state index in [1.54, 1.807) is 6.92 Å². The minimum atomic E-state index is -1.21. The van der Waals surface area contributed by atoms with Crippen molar-refractivity contribution in [3.8, 4) is 11.5 Å². The second-order valence-corrected chi connectivity index (χ2v) is 8.71. The molecule has 4 N–H and O–H groups in total. The average Bonchev–Trinajstić information content (AvgIpc) is 2.52. The van der Waals surface area contributed by atoms with Gasteiger partial charge in [0.15, 0.2) is 5.78 Å². The summed E-state index contributed by atoms with van der Waals surface area (Å²) < 4.78 is 0. The second kappa shape index (κ2) is 5.71. The second-order valence-electron chi connectivity index (χ2n) is 8.71. The first kappa shape index (κ1) is 18.2. The van der Waals surface area contributed by atoms with Crippen molar-refractivity contribution < 1.29 is 25.2 Å². The zero-order valence-electron chi connectivity index (χ0n) is 15.3. The summed E-state index contributed by atoms with van der Waals surface area (Å²) in [5.74, 6) is -1.53. The van der Waals surface area contributed by atoms with Crippen LogP contribution in [0.5, 0.6) is 11.5 Å². The highest BCUT2D eigenvalue weighted by molar-refractivity contribution is 6.06. The van der Waals surface area contributed by atoms with Crippen LogP contribution in [0.2, 0.25) is 0 Å². The molecule has 1 aromatic carbocycles. The van der Waals surface area contributed by atoms with E-state index in [4.69, 9.17) is 0 Å². The number of aliphatic hydroxyl groups is 2. The molecule has 1 fully saturated rings. The van der Waals surface area contributed by atoms with Crippen LogP contribution >= 0.6 is 0 Å². The van der Waals surface area contributed by atoms with Crippen LogP contribution in [0.15, 0.2) is 6.07 Å². The van der Waals surface area contributed by atoms with Crippen molar-refractivity contribution in [1.82, 2.24) is 0 Å². The van der Waals surface area contributed by atoms with Crippen LogP contribution in [-0.4, -0.2) is 38.9 Å². The van der Waals surface area contributed by atoms with E-state index in [9.17, 15) is 25.2 Å². The Morgan fingerprint density at radius 1 is 1.24 bits per heavy atom. The normalized spacial score (nSPS) is 32.0. The highest BCUT2D eigenvalue weighted by Crippen LogP contribution is 2.60. The van der Waals surface area contributed by atoms with Gasteiger partial charge in [-0.15, -0.1) is 0 Å². The predicted molar refractivity (Wildman–Crippen MR) is 94.1 cm³/mol. The molecule has 5 heteroatoms. The maximum atomic E-state index is 13.0. The van der Waals surface area contributed by atoms with Crippen LogP contribution in [0.4, 0.5) is 0 Å². The van der Waals surface area contributed by atoms with Crippen molar-refractivity contribution >= 4 is 5.78 Å². The van der Waals surface area contributed by atoms with Crippen molar-refractivity contribution in [3.05, 3.63) is 22.8 Å². The van der Waals surface area contributed by atoms with E-state index >= 15 is 0 Å². The molecule has 2 aliphatic rings. The lowest BCUT2D eigenvalue weighted by Gasteiger charge is -2.55. The number of ketones is 1. The molecule has 2 aliphatic carbocycles. The molecule has 0 aromatic heterocycles. The number of carbonyl (C=O) groups excluding carboxylic acids is 1. The summed E-state index contributed by atoms with van der Waals surface area (Å²) in [6, 6.07) is 1.46. The lowest BCUT2D eigenvalue weighted by Crippen LogP contribution is -2.56. The smallest absolute Gasteiger partial charge is 0.195 e. The maximum absolute atomic E-state index is 13.0. The van der Waals surface area contributed by atoms with E-state index in [0.717, 1.165) is 19.3 Å². The van der Waals surface area contributed by atoms with Gasteiger partial charge >= 0.3 is 0 Å². The Bertz CT molecular complexity index is 723. The summed E-state index contributed by atoms with van der Waals surface area (Å²) in [4.78, 5) is 13.0. The number of phenolic OH excluding ortho intramolecular Hbond substituents is 2. The third-order valence-corrected chi connectivity index (χ3v) is 6.56. The number of Topliss-reactive ketones (excluding diaryl/α,β-unsaturated/α-hetero) is 1. The van der Waals surface area contributed by atoms with Gasteiger partial charge in [0.2, 0.25) is 0 Å². The summed E-state index contributed by atoms with van der Waals surface area (Å²) in [6.07, 6.45) is 1.35. The average molecular weight is 348 g/mol. The van der Waals surface area contributed by atoms with Gasteiger partial charge < -0.3 is 20.4 Å². The molecule has 25 heavy (non-hydrogen) atoms. The number of hydrogen-bond acceptors (Lipinski definition) is 5. The van der Waals surface area contributed by atoms with E-state index < -0.39 is 23.2 Å². The topological polar surface area (TPSA) is 98.0 Å². The zero-order chi connectivity index (χ0) is 18.7. The molecule has 0 amide bonds. The first-order valence-corrected chi connectivity index (χ1v) is 8.98. The Balaban J connectivity index is 2.32. The third-order valence-electron chi connectivity index (χ3n) is 6.56. The van der Waals surface area contributed by atoms with Crippen molar-refractivity contribution in [2.45, 2.75) is 64.4 Å². The number of aromatic hydroxyl groups is 2. The Morgan fingerprint density at radius 2 is 1.88 bits per heavy atom. The molecule has 5 nitrogen and oxygen atoms in total. The van der Waals surface area contributed by atoms with Crippen LogP contribution in [-0.2, 0) is 5.41 Å². The Hall–Kier alpha value is -1.59. The van der Waals surface area contributed by atoms with E-state index in [1.807, 2.05) is 6.92 Å². The third kappa shape index (κ3) is 2.40. The molecule has 0 heterocycles. The molecule has 0 spiro atoms. The highest BCUT2D eigenvalue weighted by atomic mass is 16.3. The highest BCUT2D eigenvalue weighted by Gasteiger charge is 2.58. The number of carbonyl (C=O) groups is 1. The standard InChI is InChI=1S/C20H28O5/c1-10(9-21)11-8-12(22)14-13(15(11)23)16(24)17(25)18-19(2,3)6-5-7-20(14,18)4/h8,10,17-18,21-23,25H,5-7,9H2,1-4H3/t10-,17+,18+,20-/m1/s1. The lowest BCUT2D eigenvalue weighted by atomic mass is 9.49. The van der Waals surface area contributed by atoms with Gasteiger partial charge in [-0.25, -0.2) is 0 Å². The fourth-order valence-electron chi connectivity index (χ4n) is 5.41. The molecule has 1 saturated carbocycles. The molecule has 4 atom stereocenters. The molecule has 0 aliphatic heterocycles. The van der Waals surface area contributed by atoms with Crippen molar-refractivity contribution in [3.63, 3.8) is 0 Å². The predicted octanol–water partition coefficient (Wildman–Crippen LogP) is 2.83. The van der Waals surface area contributed by atoms with Gasteiger partial charge in [-0.05, 0) is 24.3 Å². The van der Waals surface area contributed by atoms with Crippen LogP contribution in [0.1, 0.15) is 74.4 Å². The van der Waals surface area contributed by atoms with Crippen molar-refractivity contribution in [2.24, 2.45) is 11.3 Å². The van der Waals surface area contributed by atoms with Gasteiger partial charge in [-0.1, -0.05) is 34.1 Å². The molecule has 0 radical (unpaired) electrons. The summed E-state index contributed by atoms with van der Waals surface area (Å²) in [7, 11) is 0. The number of fused-ring (bicyclic) bond motifs is 3. The van der Waals surface area contributed by atoms with E-state index in [1.165, 1.54) is 6.07 Å². The molecular formula is C20H28O5. The Morgan fingerprint density at radius 3 is 2.48 bits per heavy atom. The molecule has 3 rings (SSSR count). The molecule has 0 bridgehead atoms. The monoisotopic (exact) mass is 348 g/mol. The van der Waals surface area contributed by atoms with Crippen LogP contribution in [0.3, 0.4) is 0 Å². The largest absolute Gasteiger partial charge is 0.508 e. The summed E-state index contributed by atoms with van der Waals surface area (Å²) in [5, 5.41) is 41.7. The number of benzene rings is 1. The van der Waals surface area contributed by atoms with Crippen molar-refractivity contribution in [2.75, 3.05) is 6.61 Å². The minimum absolute atomic E-state index is 0.0271. The SMILES string of the molecule is C[C@H](CO)c1cc(O)c2c(c1O)C(=O)[C@H](O)[C@H]1C(C)(C)CCC[C@]21C. The summed E-state index contributed by atoms with van der Waals surface area (Å²) in [5.41, 5.74) is -0.0334. The summed E-state index contributed by atoms with van der Waals surface area (Å²) in [6.45, 7) is 7.57. The van der Waals surface area contributed by atoms with E-state index in [2.05, 4.69) is 13.8 Å². The van der Waals surface area contributed by atoms with Gasteiger partial charge in [-0.2, -0.15) is 0 Å². The number of rotatable bonds is 2. The number of hydrogen-bond donors (Lipinski definition) is 4. The fraction of sp³-hybridized carbons (Fsp3) is 0.650.